The summed E-state index contributed by atoms with van der Waals surface area (Å²) in [6.07, 6.45) is 0. The Morgan fingerprint density at radius 3 is 2.27 bits per heavy atom. The van der Waals surface area contributed by atoms with Gasteiger partial charge in [0, 0.05) is 17.6 Å². The van der Waals surface area contributed by atoms with Gasteiger partial charge in [-0.3, -0.25) is 13.9 Å². The van der Waals surface area contributed by atoms with E-state index in [1.165, 1.54) is 24.1 Å². The van der Waals surface area contributed by atoms with Crippen molar-refractivity contribution in [1.29, 1.82) is 0 Å². The Balaban J connectivity index is 2.05. The molecule has 0 heterocycles. The second-order valence-electron chi connectivity index (χ2n) is 9.96. The number of nitrogens with one attached hydrogen (secondary N) is 1. The maximum absolute atomic E-state index is 14.0. The predicted molar refractivity (Wildman–Crippen MR) is 161 cm³/mol. The molecule has 3 aromatic carbocycles. The number of sulfonamides is 1. The molecule has 0 fully saturated rings. The second kappa shape index (κ2) is 13.8. The summed E-state index contributed by atoms with van der Waals surface area (Å²) in [5, 5.41) is 2.89. The van der Waals surface area contributed by atoms with Crippen molar-refractivity contribution < 1.29 is 22.7 Å². The highest BCUT2D eigenvalue weighted by atomic mass is 79.9. The van der Waals surface area contributed by atoms with Crippen LogP contribution in [-0.4, -0.2) is 51.4 Å². The fourth-order valence-electron chi connectivity index (χ4n) is 4.05. The summed E-state index contributed by atoms with van der Waals surface area (Å²) in [7, 11) is -2.74. The number of anilines is 1. The van der Waals surface area contributed by atoms with E-state index in [0.29, 0.717) is 12.3 Å². The fourth-order valence-corrected chi connectivity index (χ4v) is 5.92. The van der Waals surface area contributed by atoms with Crippen LogP contribution in [0.4, 0.5) is 5.69 Å². The predicted octanol–water partition coefficient (Wildman–Crippen LogP) is 5.15. The number of hydrogen-bond donors (Lipinski definition) is 1. The minimum Gasteiger partial charge on any atom is -0.495 e. The van der Waals surface area contributed by atoms with Crippen molar-refractivity contribution in [3.8, 4) is 5.75 Å². The summed E-state index contributed by atoms with van der Waals surface area (Å²) in [6, 6.07) is 19.6. The van der Waals surface area contributed by atoms with Crippen LogP contribution in [0.1, 0.15) is 31.9 Å². The van der Waals surface area contributed by atoms with Crippen LogP contribution in [0, 0.1) is 12.8 Å². The standard InChI is InChI=1S/C30H36BrN3O5S/c1-21(2)18-32-30(36)23(4)33(19-24-9-8-10-25(31)17-24)29(35)20-34(27-11-6-7-12-28(27)39-5)40(37,38)26-15-13-22(3)14-16-26/h6-17,21,23H,18-20H2,1-5H3,(H,32,36)/t23-/m1/s1. The number of aryl methyl sites for hydroxylation is 1. The fraction of sp³-hybridized carbons (Fsp3) is 0.333. The van der Waals surface area contributed by atoms with Crippen molar-refractivity contribution in [3.05, 3.63) is 88.4 Å². The van der Waals surface area contributed by atoms with Gasteiger partial charge in [-0.15, -0.1) is 0 Å². The average Bonchev–Trinajstić information content (AvgIpc) is 2.93. The Morgan fingerprint density at radius 2 is 1.65 bits per heavy atom. The van der Waals surface area contributed by atoms with Crippen LogP contribution in [-0.2, 0) is 26.2 Å². The first-order chi connectivity index (χ1) is 18.9. The Hall–Kier alpha value is -3.37. The zero-order valence-corrected chi connectivity index (χ0v) is 25.8. The minimum absolute atomic E-state index is 0.0399. The van der Waals surface area contributed by atoms with E-state index < -0.39 is 28.5 Å². The normalized spacial score (nSPS) is 12.1. The van der Waals surface area contributed by atoms with Gasteiger partial charge < -0.3 is 15.0 Å². The lowest BCUT2D eigenvalue weighted by Gasteiger charge is -2.32. The van der Waals surface area contributed by atoms with Crippen LogP contribution >= 0.6 is 15.9 Å². The third kappa shape index (κ3) is 7.85. The SMILES string of the molecule is COc1ccccc1N(CC(=O)N(Cc1cccc(Br)c1)[C@H](C)C(=O)NCC(C)C)S(=O)(=O)c1ccc(C)cc1. The number of methoxy groups -OCH3 is 1. The van der Waals surface area contributed by atoms with E-state index >= 15 is 0 Å². The molecule has 0 saturated carbocycles. The molecule has 1 atom stereocenters. The molecule has 1 N–H and O–H groups in total. The molecule has 214 valence electrons. The number of benzene rings is 3. The molecule has 0 aromatic heterocycles. The molecule has 0 bridgehead atoms. The Morgan fingerprint density at radius 1 is 0.975 bits per heavy atom. The lowest BCUT2D eigenvalue weighted by Crippen LogP contribution is -2.51. The highest BCUT2D eigenvalue weighted by Gasteiger charge is 2.33. The van der Waals surface area contributed by atoms with E-state index in [2.05, 4.69) is 21.2 Å². The first-order valence-electron chi connectivity index (χ1n) is 13.0. The number of halogens is 1. The topological polar surface area (TPSA) is 96.0 Å². The Labute approximate surface area is 245 Å². The summed E-state index contributed by atoms with van der Waals surface area (Å²) in [4.78, 5) is 28.6. The van der Waals surface area contributed by atoms with Crippen LogP contribution in [0.25, 0.3) is 0 Å². The summed E-state index contributed by atoms with van der Waals surface area (Å²) in [6.45, 7) is 7.51. The van der Waals surface area contributed by atoms with E-state index in [-0.39, 0.29) is 29.0 Å². The summed E-state index contributed by atoms with van der Waals surface area (Å²) >= 11 is 3.46. The maximum atomic E-state index is 14.0. The van der Waals surface area contributed by atoms with Gasteiger partial charge in [-0.2, -0.15) is 0 Å². The van der Waals surface area contributed by atoms with Crippen molar-refractivity contribution >= 4 is 43.5 Å². The molecule has 8 nitrogen and oxygen atoms in total. The molecule has 0 aliphatic rings. The molecule has 2 amide bonds. The van der Waals surface area contributed by atoms with Crippen molar-refractivity contribution in [2.24, 2.45) is 5.92 Å². The number of nitrogens with zero attached hydrogens (tertiary/aromatic N) is 2. The number of amides is 2. The lowest BCUT2D eigenvalue weighted by atomic mass is 10.1. The van der Waals surface area contributed by atoms with E-state index in [4.69, 9.17) is 4.74 Å². The second-order valence-corrected chi connectivity index (χ2v) is 12.7. The smallest absolute Gasteiger partial charge is 0.264 e. The van der Waals surface area contributed by atoms with Gasteiger partial charge in [-0.1, -0.05) is 71.7 Å². The van der Waals surface area contributed by atoms with Crippen LogP contribution in [0.2, 0.25) is 0 Å². The van der Waals surface area contributed by atoms with Gasteiger partial charge >= 0.3 is 0 Å². The lowest BCUT2D eigenvalue weighted by molar-refractivity contribution is -0.139. The Bertz CT molecular complexity index is 1430. The largest absolute Gasteiger partial charge is 0.495 e. The van der Waals surface area contributed by atoms with Gasteiger partial charge in [0.05, 0.1) is 17.7 Å². The van der Waals surface area contributed by atoms with Gasteiger partial charge in [-0.25, -0.2) is 8.42 Å². The highest BCUT2D eigenvalue weighted by Crippen LogP contribution is 2.32. The first-order valence-corrected chi connectivity index (χ1v) is 15.2. The van der Waals surface area contributed by atoms with Crippen LogP contribution in [0.5, 0.6) is 5.75 Å². The zero-order valence-electron chi connectivity index (χ0n) is 23.4. The van der Waals surface area contributed by atoms with Crippen LogP contribution in [0.15, 0.2) is 82.2 Å². The average molecular weight is 631 g/mol. The number of carbonyl (C=O) groups excluding carboxylic acids is 2. The quantitative estimate of drug-likeness (QED) is 0.299. The molecule has 0 aliphatic heterocycles. The van der Waals surface area contributed by atoms with Crippen molar-refractivity contribution in [2.75, 3.05) is 24.5 Å². The van der Waals surface area contributed by atoms with Gasteiger partial charge in [0.25, 0.3) is 10.0 Å². The third-order valence-corrected chi connectivity index (χ3v) is 8.60. The van der Waals surface area contributed by atoms with Crippen molar-refractivity contribution in [3.63, 3.8) is 0 Å². The first kappa shape index (κ1) is 31.2. The molecule has 3 rings (SSSR count). The molecule has 3 aromatic rings. The molecule has 0 saturated heterocycles. The molecule has 0 unspecified atom stereocenters. The molecular weight excluding hydrogens is 594 g/mol. The number of carbonyl (C=O) groups is 2. The van der Waals surface area contributed by atoms with E-state index in [0.717, 1.165) is 19.9 Å². The number of rotatable bonds is 12. The van der Waals surface area contributed by atoms with Gasteiger partial charge in [0.15, 0.2) is 0 Å². The molecule has 10 heteroatoms. The molecular formula is C30H36BrN3O5S. The van der Waals surface area contributed by atoms with Crippen molar-refractivity contribution in [2.45, 2.75) is 45.2 Å². The number of hydrogen-bond acceptors (Lipinski definition) is 5. The van der Waals surface area contributed by atoms with Gasteiger partial charge in [0.1, 0.15) is 18.3 Å². The van der Waals surface area contributed by atoms with Crippen LogP contribution < -0.4 is 14.4 Å². The third-order valence-electron chi connectivity index (χ3n) is 6.34. The molecule has 0 radical (unpaired) electrons. The highest BCUT2D eigenvalue weighted by molar-refractivity contribution is 9.10. The van der Waals surface area contributed by atoms with Crippen molar-refractivity contribution in [1.82, 2.24) is 10.2 Å². The molecule has 0 aliphatic carbocycles. The maximum Gasteiger partial charge on any atom is 0.264 e. The summed E-state index contributed by atoms with van der Waals surface area (Å²) < 4.78 is 35.3. The van der Waals surface area contributed by atoms with E-state index in [1.807, 2.05) is 45.0 Å². The van der Waals surface area contributed by atoms with Gasteiger partial charge in [-0.05, 0) is 61.7 Å². The minimum atomic E-state index is -4.18. The van der Waals surface area contributed by atoms with Crippen LogP contribution in [0.3, 0.4) is 0 Å². The zero-order chi connectivity index (χ0) is 29.4. The number of ether oxygens (including phenoxy) is 1. The molecule has 40 heavy (non-hydrogen) atoms. The van der Waals surface area contributed by atoms with E-state index in [1.54, 1.807) is 43.3 Å². The molecule has 0 spiro atoms. The Kier molecular flexibility index (Phi) is 10.8. The summed E-state index contributed by atoms with van der Waals surface area (Å²) in [5.41, 5.74) is 1.91. The summed E-state index contributed by atoms with van der Waals surface area (Å²) in [5.74, 6) is -0.325. The number of para-hydroxylation sites is 2. The van der Waals surface area contributed by atoms with Gasteiger partial charge in [0.2, 0.25) is 11.8 Å². The van der Waals surface area contributed by atoms with E-state index in [9.17, 15) is 18.0 Å². The monoisotopic (exact) mass is 629 g/mol.